The van der Waals surface area contributed by atoms with Gasteiger partial charge < -0.3 is 23.9 Å². The lowest BCUT2D eigenvalue weighted by atomic mass is 10.1. The predicted molar refractivity (Wildman–Crippen MR) is 155 cm³/mol. The topological polar surface area (TPSA) is 115 Å². The van der Waals surface area contributed by atoms with E-state index in [2.05, 4.69) is 39.8 Å². The van der Waals surface area contributed by atoms with Crippen molar-refractivity contribution in [2.45, 2.75) is 33.7 Å². The maximum atomic E-state index is 12.9. The van der Waals surface area contributed by atoms with Crippen molar-refractivity contribution in [2.24, 2.45) is 0 Å². The summed E-state index contributed by atoms with van der Waals surface area (Å²) in [6.07, 6.45) is 1.71. The summed E-state index contributed by atoms with van der Waals surface area (Å²) in [5, 5.41) is 3.92. The van der Waals surface area contributed by atoms with Crippen LogP contribution in [-0.2, 0) is 4.74 Å². The minimum absolute atomic E-state index is 0.0668. The minimum Gasteiger partial charge on any atom is -0.422 e. The second-order valence-electron chi connectivity index (χ2n) is 10.2. The van der Waals surface area contributed by atoms with Gasteiger partial charge in [-0.2, -0.15) is 0 Å². The second kappa shape index (κ2) is 10.2. The van der Waals surface area contributed by atoms with Crippen LogP contribution in [0.25, 0.3) is 33.3 Å². The van der Waals surface area contributed by atoms with Crippen LogP contribution in [0.2, 0.25) is 0 Å². The van der Waals surface area contributed by atoms with E-state index in [4.69, 9.17) is 14.1 Å². The lowest BCUT2D eigenvalue weighted by molar-refractivity contribution is 0.101. The molecule has 0 aliphatic carbocycles. The number of rotatable bonds is 6. The Labute approximate surface area is 230 Å². The number of ether oxygens (including phenoxy) is 1. The number of fused-ring (bicyclic) bond motifs is 2. The first kappa shape index (κ1) is 25.7. The van der Waals surface area contributed by atoms with Crippen molar-refractivity contribution in [3.05, 3.63) is 70.5 Å². The number of carbonyl (C=O) groups excluding carboxylic acids is 1. The van der Waals surface area contributed by atoms with Crippen molar-refractivity contribution in [3.63, 3.8) is 0 Å². The molecule has 2 aromatic carbocycles. The molecule has 0 bridgehead atoms. The third-order valence-electron chi connectivity index (χ3n) is 7.15. The molecule has 6 rings (SSSR count). The van der Waals surface area contributed by atoms with Gasteiger partial charge in [-0.25, -0.2) is 19.7 Å². The maximum Gasteiger partial charge on any atom is 0.349 e. The number of hydrogen-bond donors (Lipinski definition) is 1. The number of imidazole rings is 1. The highest BCUT2D eigenvalue weighted by atomic mass is 16.5. The molecule has 1 saturated heterocycles. The fourth-order valence-corrected chi connectivity index (χ4v) is 5.42. The van der Waals surface area contributed by atoms with Gasteiger partial charge in [0.1, 0.15) is 17.0 Å². The van der Waals surface area contributed by atoms with E-state index in [9.17, 15) is 9.59 Å². The number of carbonyl (C=O) groups is 1. The third-order valence-corrected chi connectivity index (χ3v) is 7.15. The zero-order valence-corrected chi connectivity index (χ0v) is 22.9. The smallest absolute Gasteiger partial charge is 0.349 e. The molecule has 10 heteroatoms. The zero-order valence-electron chi connectivity index (χ0n) is 22.9. The van der Waals surface area contributed by atoms with E-state index in [-0.39, 0.29) is 17.4 Å². The van der Waals surface area contributed by atoms with E-state index in [1.807, 2.05) is 42.2 Å². The Bertz CT molecular complexity index is 1820. The summed E-state index contributed by atoms with van der Waals surface area (Å²) in [6, 6.07) is 13.7. The molecule has 1 N–H and O–H groups in total. The van der Waals surface area contributed by atoms with Crippen LogP contribution in [0.15, 0.2) is 57.9 Å². The molecule has 0 unspecified atom stereocenters. The number of morpholine rings is 1. The van der Waals surface area contributed by atoms with Gasteiger partial charge in [0.25, 0.3) is 0 Å². The first-order valence-corrected chi connectivity index (χ1v) is 13.3. The molecule has 0 saturated carbocycles. The first-order chi connectivity index (χ1) is 19.3. The zero-order chi connectivity index (χ0) is 28.0. The molecule has 204 valence electrons. The highest BCUT2D eigenvalue weighted by Crippen LogP contribution is 2.32. The van der Waals surface area contributed by atoms with E-state index < -0.39 is 5.63 Å². The van der Waals surface area contributed by atoms with Gasteiger partial charge in [-0.1, -0.05) is 6.07 Å². The number of Topliss-reactive ketones (excluding diaryl/α,β-unsaturated/α-hetero) is 1. The normalized spacial score (nSPS) is 13.9. The number of nitrogens with one attached hydrogen (secondary N) is 1. The molecule has 0 amide bonds. The summed E-state index contributed by atoms with van der Waals surface area (Å²) in [7, 11) is 0. The third kappa shape index (κ3) is 4.60. The maximum absolute atomic E-state index is 12.9. The van der Waals surface area contributed by atoms with Crippen molar-refractivity contribution in [1.82, 2.24) is 19.5 Å². The van der Waals surface area contributed by atoms with E-state index >= 15 is 0 Å². The number of hydrogen-bond acceptors (Lipinski definition) is 9. The van der Waals surface area contributed by atoms with Gasteiger partial charge in [0, 0.05) is 48.0 Å². The van der Waals surface area contributed by atoms with Gasteiger partial charge in [-0.05, 0) is 58.0 Å². The fraction of sp³-hybridized carbons (Fsp3) is 0.300. The summed E-state index contributed by atoms with van der Waals surface area (Å²) in [5.41, 5.74) is 4.77. The van der Waals surface area contributed by atoms with Crippen LogP contribution < -0.4 is 15.8 Å². The van der Waals surface area contributed by atoms with Crippen LogP contribution >= 0.6 is 0 Å². The number of ketones is 1. The minimum atomic E-state index is -0.650. The van der Waals surface area contributed by atoms with Gasteiger partial charge in [0.15, 0.2) is 5.78 Å². The van der Waals surface area contributed by atoms with Crippen LogP contribution in [-0.4, -0.2) is 51.6 Å². The van der Waals surface area contributed by atoms with Gasteiger partial charge >= 0.3 is 5.63 Å². The Hall–Kier alpha value is -4.57. The molecule has 1 fully saturated rings. The summed E-state index contributed by atoms with van der Waals surface area (Å²) >= 11 is 0. The Morgan fingerprint density at radius 2 is 1.85 bits per heavy atom. The number of aryl methyl sites for hydroxylation is 1. The molecule has 3 aromatic heterocycles. The Morgan fingerprint density at radius 1 is 1.05 bits per heavy atom. The SMILES string of the molecule is CC(=O)c1c(N2CCOCC2)c2ccc(Nc3nccc(-c4ccc5nc(C)n(C(C)C)c5c4)n3)cc2oc1=O. The molecule has 1 aliphatic rings. The van der Waals surface area contributed by atoms with Crippen LogP contribution in [0.4, 0.5) is 17.3 Å². The van der Waals surface area contributed by atoms with Crippen molar-refractivity contribution < 1.29 is 13.9 Å². The molecule has 4 heterocycles. The fourth-order valence-electron chi connectivity index (χ4n) is 5.42. The summed E-state index contributed by atoms with van der Waals surface area (Å²) in [4.78, 5) is 41.1. The lowest BCUT2D eigenvalue weighted by Gasteiger charge is -2.30. The number of benzene rings is 2. The quantitative estimate of drug-likeness (QED) is 0.228. The number of aromatic nitrogens is 4. The van der Waals surface area contributed by atoms with Crippen LogP contribution in [0.5, 0.6) is 0 Å². The standard InChI is InChI=1S/C30H30N6O4/c1-17(2)36-19(4)32-24-8-5-20(15-25(24)36)23-9-10-31-30(34-23)33-21-6-7-22-26(16-21)40-29(38)27(18(3)37)28(22)35-11-13-39-14-12-35/h5-10,15-17H,11-14H2,1-4H3,(H,31,33,34). The lowest BCUT2D eigenvalue weighted by Crippen LogP contribution is -2.38. The molecule has 0 atom stereocenters. The van der Waals surface area contributed by atoms with Crippen LogP contribution in [0.1, 0.15) is 43.0 Å². The molecular formula is C30H30N6O4. The predicted octanol–water partition coefficient (Wildman–Crippen LogP) is 5.27. The van der Waals surface area contributed by atoms with Crippen molar-refractivity contribution in [2.75, 3.05) is 36.5 Å². The molecule has 0 radical (unpaired) electrons. The van der Waals surface area contributed by atoms with Gasteiger partial charge in [0.2, 0.25) is 5.95 Å². The van der Waals surface area contributed by atoms with Crippen LogP contribution in [0.3, 0.4) is 0 Å². The molecule has 1 aliphatic heterocycles. The first-order valence-electron chi connectivity index (χ1n) is 13.3. The Balaban J connectivity index is 1.35. The Kier molecular flexibility index (Phi) is 6.55. The summed E-state index contributed by atoms with van der Waals surface area (Å²) in [6.45, 7) is 9.91. The van der Waals surface area contributed by atoms with E-state index in [0.29, 0.717) is 54.6 Å². The molecular weight excluding hydrogens is 508 g/mol. The van der Waals surface area contributed by atoms with Gasteiger partial charge in [-0.15, -0.1) is 0 Å². The highest BCUT2D eigenvalue weighted by molar-refractivity contribution is 6.07. The molecule has 0 spiro atoms. The number of anilines is 3. The van der Waals surface area contributed by atoms with E-state index in [1.165, 1.54) is 6.92 Å². The van der Waals surface area contributed by atoms with Crippen molar-refractivity contribution in [3.8, 4) is 11.3 Å². The largest absolute Gasteiger partial charge is 0.422 e. The van der Waals surface area contributed by atoms with Gasteiger partial charge in [0.05, 0.1) is 35.6 Å². The van der Waals surface area contributed by atoms with Crippen molar-refractivity contribution >= 4 is 45.1 Å². The van der Waals surface area contributed by atoms with E-state index in [1.54, 1.807) is 12.3 Å². The highest BCUT2D eigenvalue weighted by Gasteiger charge is 2.24. The summed E-state index contributed by atoms with van der Waals surface area (Å²) < 4.78 is 13.3. The summed E-state index contributed by atoms with van der Waals surface area (Å²) in [5.74, 6) is 1.05. The number of nitrogens with zero attached hydrogens (tertiary/aromatic N) is 5. The van der Waals surface area contributed by atoms with Gasteiger partial charge in [-0.3, -0.25) is 4.79 Å². The van der Waals surface area contributed by atoms with Crippen LogP contribution in [0, 0.1) is 6.92 Å². The average Bonchev–Trinajstić information content (AvgIpc) is 3.27. The van der Waals surface area contributed by atoms with Crippen molar-refractivity contribution in [1.29, 1.82) is 0 Å². The second-order valence-corrected chi connectivity index (χ2v) is 10.2. The molecule has 10 nitrogen and oxygen atoms in total. The average molecular weight is 539 g/mol. The van der Waals surface area contributed by atoms with E-state index in [0.717, 1.165) is 28.1 Å². The Morgan fingerprint density at radius 3 is 2.60 bits per heavy atom. The monoisotopic (exact) mass is 538 g/mol. The molecule has 5 aromatic rings. The molecule has 40 heavy (non-hydrogen) atoms.